The molecule has 124 valence electrons. The topological polar surface area (TPSA) is 74.6 Å². The van der Waals surface area contributed by atoms with E-state index in [-0.39, 0.29) is 0 Å². The van der Waals surface area contributed by atoms with E-state index < -0.39 is 11.5 Å². The molecule has 25 heavy (non-hydrogen) atoms. The second-order valence-electron chi connectivity index (χ2n) is 5.42. The van der Waals surface area contributed by atoms with Crippen LogP contribution in [0.3, 0.4) is 0 Å². The van der Waals surface area contributed by atoms with Crippen molar-refractivity contribution in [3.8, 4) is 0 Å². The van der Waals surface area contributed by atoms with Crippen LogP contribution in [0.4, 0.5) is 0 Å². The minimum Gasteiger partial charge on any atom is -0.372 e. The summed E-state index contributed by atoms with van der Waals surface area (Å²) in [7, 11) is 0. The molecule has 1 amide bonds. The van der Waals surface area contributed by atoms with E-state index in [4.69, 9.17) is 0 Å². The number of carbonyl (C=O) groups is 1. The van der Waals surface area contributed by atoms with E-state index in [9.17, 15) is 9.90 Å². The highest BCUT2D eigenvalue weighted by Crippen LogP contribution is 2.29. The van der Waals surface area contributed by atoms with Gasteiger partial charge in [0.15, 0.2) is 5.60 Å². The van der Waals surface area contributed by atoms with Crippen LogP contribution in [0.1, 0.15) is 16.7 Å². The lowest BCUT2D eigenvalue weighted by Crippen LogP contribution is -2.43. The molecular formula is C20H17N3O2. The first-order valence-electron chi connectivity index (χ1n) is 7.78. The molecule has 2 aromatic carbocycles. The quantitative estimate of drug-likeness (QED) is 0.557. The predicted molar refractivity (Wildman–Crippen MR) is 95.9 cm³/mol. The standard InChI is InChI=1S/C20H17N3O2/c24-19(23-22-15-16-11-13-21-14-12-16)20(25,17-7-3-1-4-8-17)18-9-5-2-6-10-18/h1-15,25H,(H,23,24)/b22-15-. The van der Waals surface area contributed by atoms with Crippen molar-refractivity contribution >= 4 is 12.1 Å². The van der Waals surface area contributed by atoms with Crippen LogP contribution in [0.5, 0.6) is 0 Å². The van der Waals surface area contributed by atoms with E-state index in [1.807, 2.05) is 12.1 Å². The number of nitrogens with one attached hydrogen (secondary N) is 1. The Morgan fingerprint density at radius 1 is 0.920 bits per heavy atom. The van der Waals surface area contributed by atoms with Gasteiger partial charge in [-0.1, -0.05) is 60.7 Å². The molecule has 0 aliphatic rings. The predicted octanol–water partition coefficient (Wildman–Crippen LogP) is 2.47. The van der Waals surface area contributed by atoms with Gasteiger partial charge in [0.1, 0.15) is 0 Å². The van der Waals surface area contributed by atoms with Gasteiger partial charge in [0, 0.05) is 12.4 Å². The SMILES string of the molecule is O=C(N/N=C\c1ccncc1)C(O)(c1ccccc1)c1ccccc1. The van der Waals surface area contributed by atoms with Gasteiger partial charge in [0.05, 0.1) is 6.21 Å². The van der Waals surface area contributed by atoms with Crippen LogP contribution in [0.25, 0.3) is 0 Å². The molecule has 1 heterocycles. The van der Waals surface area contributed by atoms with Gasteiger partial charge in [0.2, 0.25) is 0 Å². The summed E-state index contributed by atoms with van der Waals surface area (Å²) in [6.45, 7) is 0. The van der Waals surface area contributed by atoms with Crippen LogP contribution in [0.2, 0.25) is 0 Å². The van der Waals surface area contributed by atoms with Crippen molar-refractivity contribution < 1.29 is 9.90 Å². The second-order valence-corrected chi connectivity index (χ2v) is 5.42. The monoisotopic (exact) mass is 331 g/mol. The molecule has 3 aromatic rings. The molecule has 0 fully saturated rings. The van der Waals surface area contributed by atoms with E-state index >= 15 is 0 Å². The van der Waals surface area contributed by atoms with Crippen LogP contribution >= 0.6 is 0 Å². The van der Waals surface area contributed by atoms with Gasteiger partial charge in [-0.05, 0) is 28.8 Å². The molecule has 0 unspecified atom stereocenters. The average Bonchev–Trinajstić information content (AvgIpc) is 2.69. The Kier molecular flexibility index (Phi) is 4.97. The zero-order valence-electron chi connectivity index (χ0n) is 13.4. The Hall–Kier alpha value is -3.31. The van der Waals surface area contributed by atoms with Gasteiger partial charge in [-0.25, -0.2) is 5.43 Å². The molecular weight excluding hydrogens is 314 g/mol. The fourth-order valence-electron chi connectivity index (χ4n) is 2.48. The normalized spacial score (nSPS) is 11.4. The highest BCUT2D eigenvalue weighted by molar-refractivity contribution is 5.91. The van der Waals surface area contributed by atoms with E-state index in [0.29, 0.717) is 11.1 Å². The summed E-state index contributed by atoms with van der Waals surface area (Å²) in [6.07, 6.45) is 4.76. The maximum atomic E-state index is 12.8. The summed E-state index contributed by atoms with van der Waals surface area (Å²) in [4.78, 5) is 16.7. The molecule has 0 saturated heterocycles. The Bertz CT molecular complexity index is 810. The summed E-state index contributed by atoms with van der Waals surface area (Å²) < 4.78 is 0. The summed E-state index contributed by atoms with van der Waals surface area (Å²) in [5.41, 5.74) is 2.32. The van der Waals surface area contributed by atoms with Crippen LogP contribution in [0.15, 0.2) is 90.3 Å². The molecule has 5 nitrogen and oxygen atoms in total. The number of amides is 1. The molecule has 0 radical (unpaired) electrons. The minimum absolute atomic E-state index is 0.470. The number of aliphatic hydroxyl groups is 1. The Labute approximate surface area is 145 Å². The van der Waals surface area contributed by atoms with Crippen molar-refractivity contribution in [2.45, 2.75) is 5.60 Å². The molecule has 2 N–H and O–H groups in total. The molecule has 3 rings (SSSR count). The Balaban J connectivity index is 1.90. The van der Waals surface area contributed by atoms with Crippen LogP contribution in [0, 0.1) is 0 Å². The second kappa shape index (κ2) is 7.51. The number of aromatic nitrogens is 1. The van der Waals surface area contributed by atoms with Crippen molar-refractivity contribution in [3.05, 3.63) is 102 Å². The van der Waals surface area contributed by atoms with E-state index in [0.717, 1.165) is 5.56 Å². The summed E-state index contributed by atoms with van der Waals surface area (Å²) in [6, 6.07) is 21.1. The number of benzene rings is 2. The molecule has 0 bridgehead atoms. The highest BCUT2D eigenvalue weighted by atomic mass is 16.3. The lowest BCUT2D eigenvalue weighted by Gasteiger charge is -2.27. The van der Waals surface area contributed by atoms with E-state index in [1.54, 1.807) is 73.1 Å². The number of carbonyl (C=O) groups excluding carboxylic acids is 1. The molecule has 0 saturated carbocycles. The highest BCUT2D eigenvalue weighted by Gasteiger charge is 2.39. The van der Waals surface area contributed by atoms with Gasteiger partial charge in [0.25, 0.3) is 5.91 Å². The van der Waals surface area contributed by atoms with Crippen LogP contribution < -0.4 is 5.43 Å². The van der Waals surface area contributed by atoms with Gasteiger partial charge in [-0.3, -0.25) is 9.78 Å². The third-order valence-electron chi connectivity index (χ3n) is 3.80. The number of rotatable bonds is 5. The van der Waals surface area contributed by atoms with Crippen molar-refractivity contribution in [2.75, 3.05) is 0 Å². The number of hydrogen-bond donors (Lipinski definition) is 2. The minimum atomic E-state index is -1.84. The summed E-state index contributed by atoms with van der Waals surface area (Å²) >= 11 is 0. The lowest BCUT2D eigenvalue weighted by molar-refractivity contribution is -0.136. The summed E-state index contributed by atoms with van der Waals surface area (Å²) in [5, 5.41) is 15.2. The van der Waals surface area contributed by atoms with Gasteiger partial charge in [-0.15, -0.1) is 0 Å². The van der Waals surface area contributed by atoms with E-state index in [1.165, 1.54) is 6.21 Å². The van der Waals surface area contributed by atoms with Gasteiger partial charge in [-0.2, -0.15) is 5.10 Å². The van der Waals surface area contributed by atoms with Crippen molar-refractivity contribution in [1.29, 1.82) is 0 Å². The number of hydrazone groups is 1. The number of nitrogens with zero attached hydrogens (tertiary/aromatic N) is 2. The molecule has 1 aromatic heterocycles. The third kappa shape index (κ3) is 3.62. The zero-order valence-corrected chi connectivity index (χ0v) is 13.4. The fourth-order valence-corrected chi connectivity index (χ4v) is 2.48. The Morgan fingerprint density at radius 3 is 1.96 bits per heavy atom. The molecule has 0 aliphatic carbocycles. The first kappa shape index (κ1) is 16.5. The average molecular weight is 331 g/mol. The van der Waals surface area contributed by atoms with Crippen LogP contribution in [-0.4, -0.2) is 22.2 Å². The zero-order chi connectivity index (χ0) is 17.5. The summed E-state index contributed by atoms with van der Waals surface area (Å²) in [5.74, 6) is -0.629. The lowest BCUT2D eigenvalue weighted by atomic mass is 9.85. The largest absolute Gasteiger partial charge is 0.372 e. The molecule has 5 heteroatoms. The first-order valence-corrected chi connectivity index (χ1v) is 7.78. The van der Waals surface area contributed by atoms with Gasteiger partial charge < -0.3 is 5.11 Å². The fraction of sp³-hybridized carbons (Fsp3) is 0.0500. The number of hydrogen-bond acceptors (Lipinski definition) is 4. The maximum absolute atomic E-state index is 12.8. The Morgan fingerprint density at radius 2 is 1.44 bits per heavy atom. The smallest absolute Gasteiger partial charge is 0.281 e. The first-order chi connectivity index (χ1) is 12.2. The van der Waals surface area contributed by atoms with Crippen molar-refractivity contribution in [3.63, 3.8) is 0 Å². The third-order valence-corrected chi connectivity index (χ3v) is 3.80. The molecule has 0 atom stereocenters. The van der Waals surface area contributed by atoms with Crippen LogP contribution in [-0.2, 0) is 10.4 Å². The molecule has 0 spiro atoms. The maximum Gasteiger partial charge on any atom is 0.281 e. The van der Waals surface area contributed by atoms with Gasteiger partial charge >= 0.3 is 0 Å². The van der Waals surface area contributed by atoms with Crippen molar-refractivity contribution in [2.24, 2.45) is 5.10 Å². The number of pyridine rings is 1. The van der Waals surface area contributed by atoms with E-state index in [2.05, 4.69) is 15.5 Å². The molecule has 0 aliphatic heterocycles. The van der Waals surface area contributed by atoms with Crippen molar-refractivity contribution in [1.82, 2.24) is 10.4 Å².